The quantitative estimate of drug-likeness (QED) is 0.224. The summed E-state index contributed by atoms with van der Waals surface area (Å²) in [6, 6.07) is 12.8. The number of thioether (sulfide) groups is 1. The zero-order chi connectivity index (χ0) is 26.4. The molecular weight excluding hydrogens is 512 g/mol. The van der Waals surface area contributed by atoms with Gasteiger partial charge in [-0.05, 0) is 56.5 Å². The predicted octanol–water partition coefficient (Wildman–Crippen LogP) is 6.26. The number of benzene rings is 2. The number of halogens is 1. The number of hydrogen-bond donors (Lipinski definition) is 1. The lowest BCUT2D eigenvalue weighted by atomic mass is 9.95. The van der Waals surface area contributed by atoms with Crippen LogP contribution in [0.25, 0.3) is 0 Å². The van der Waals surface area contributed by atoms with Crippen LogP contribution in [0, 0.1) is 0 Å². The molecule has 1 N–H and O–H groups in total. The van der Waals surface area contributed by atoms with Crippen molar-refractivity contribution in [1.82, 2.24) is 14.8 Å². The number of nitrogens with one attached hydrogen (secondary N) is 1. The Kier molecular flexibility index (Phi) is 9.00. The van der Waals surface area contributed by atoms with Crippen LogP contribution in [0.1, 0.15) is 51.3 Å². The summed E-state index contributed by atoms with van der Waals surface area (Å²) in [5.41, 5.74) is 2.95. The Labute approximate surface area is 226 Å². The van der Waals surface area contributed by atoms with Gasteiger partial charge in [-0.2, -0.15) is 4.98 Å². The van der Waals surface area contributed by atoms with Crippen molar-refractivity contribution in [1.29, 1.82) is 0 Å². The van der Waals surface area contributed by atoms with Crippen molar-refractivity contribution in [3.8, 4) is 11.5 Å². The molecule has 2 aromatic carbocycles. The van der Waals surface area contributed by atoms with Gasteiger partial charge in [0.15, 0.2) is 11.5 Å². The first kappa shape index (κ1) is 26.9. The van der Waals surface area contributed by atoms with E-state index in [2.05, 4.69) is 5.32 Å². The minimum atomic E-state index is -0.558. The fourth-order valence-corrected chi connectivity index (χ4v) is 5.15. The van der Waals surface area contributed by atoms with Crippen LogP contribution in [-0.2, 0) is 15.3 Å². The maximum atomic E-state index is 13.2. The van der Waals surface area contributed by atoms with E-state index in [1.165, 1.54) is 11.8 Å². The first-order chi connectivity index (χ1) is 18.0. The van der Waals surface area contributed by atoms with Crippen LogP contribution in [0.3, 0.4) is 0 Å². The van der Waals surface area contributed by atoms with Gasteiger partial charge in [0, 0.05) is 16.5 Å². The summed E-state index contributed by atoms with van der Waals surface area (Å²) in [6.07, 6.45) is 0.727. The third kappa shape index (κ3) is 6.05. The van der Waals surface area contributed by atoms with Gasteiger partial charge >= 0.3 is 5.97 Å². The second-order valence-corrected chi connectivity index (χ2v) is 9.67. The molecule has 0 spiro atoms. The number of ether oxygens (including phenoxy) is 3. The van der Waals surface area contributed by atoms with Crippen molar-refractivity contribution in [3.63, 3.8) is 0 Å². The number of fused-ring (bicyclic) bond motifs is 1. The van der Waals surface area contributed by atoms with Gasteiger partial charge in [0.25, 0.3) is 0 Å². The third-order valence-electron chi connectivity index (χ3n) is 5.69. The van der Waals surface area contributed by atoms with E-state index < -0.39 is 12.0 Å². The number of aromatic nitrogens is 3. The Morgan fingerprint density at radius 2 is 1.86 bits per heavy atom. The van der Waals surface area contributed by atoms with E-state index in [4.69, 9.17) is 35.9 Å². The summed E-state index contributed by atoms with van der Waals surface area (Å²) < 4.78 is 18.9. The Balaban J connectivity index is 1.74. The minimum absolute atomic E-state index is 0.332. The molecule has 37 heavy (non-hydrogen) atoms. The molecule has 2 heterocycles. The Morgan fingerprint density at radius 3 is 2.59 bits per heavy atom. The molecular formula is C27H31ClN4O4S. The molecule has 196 valence electrons. The highest BCUT2D eigenvalue weighted by molar-refractivity contribution is 7.98. The van der Waals surface area contributed by atoms with Crippen molar-refractivity contribution in [2.75, 3.05) is 25.1 Å². The lowest BCUT2D eigenvalue weighted by Crippen LogP contribution is -2.29. The van der Waals surface area contributed by atoms with Crippen LogP contribution in [0.15, 0.2) is 58.9 Å². The molecule has 0 aliphatic carbocycles. The van der Waals surface area contributed by atoms with Crippen molar-refractivity contribution in [2.24, 2.45) is 0 Å². The van der Waals surface area contributed by atoms with Gasteiger partial charge in [0.1, 0.15) is 6.04 Å². The lowest BCUT2D eigenvalue weighted by Gasteiger charge is -2.28. The number of hydrogen-bond acceptors (Lipinski definition) is 8. The standard InChI is InChI=1S/C27H31ClN4O4S/c1-5-14-36-25(33)23-17(4)29-26-30-27(37-16-19-10-8-9-11-20(19)28)31-32(26)24(23)18-12-13-21(34-6-2)22(15-18)35-7-3/h8-13,15,24H,5-7,14,16H2,1-4H3,(H,29,30,31). The zero-order valence-corrected chi connectivity index (χ0v) is 23.0. The molecule has 0 amide bonds. The molecule has 10 heteroatoms. The molecule has 0 bridgehead atoms. The largest absolute Gasteiger partial charge is 0.490 e. The van der Waals surface area contributed by atoms with Gasteiger partial charge in [-0.15, -0.1) is 5.10 Å². The van der Waals surface area contributed by atoms with Crippen LogP contribution in [-0.4, -0.2) is 40.6 Å². The number of nitrogens with zero attached hydrogens (tertiary/aromatic N) is 3. The van der Waals surface area contributed by atoms with Crippen LogP contribution in [0.2, 0.25) is 5.02 Å². The summed E-state index contributed by atoms with van der Waals surface area (Å²) in [5, 5.41) is 9.29. The first-order valence-corrected chi connectivity index (χ1v) is 13.7. The first-order valence-electron chi connectivity index (χ1n) is 12.3. The van der Waals surface area contributed by atoms with Crippen LogP contribution in [0.5, 0.6) is 11.5 Å². The number of carbonyl (C=O) groups is 1. The molecule has 0 saturated heterocycles. The summed E-state index contributed by atoms with van der Waals surface area (Å²) in [4.78, 5) is 17.9. The Hall–Kier alpha value is -3.17. The topological polar surface area (TPSA) is 87.5 Å². The highest BCUT2D eigenvalue weighted by atomic mass is 35.5. The predicted molar refractivity (Wildman–Crippen MR) is 146 cm³/mol. The molecule has 8 nitrogen and oxygen atoms in total. The fourth-order valence-electron chi connectivity index (χ4n) is 4.03. The fraction of sp³-hybridized carbons (Fsp3) is 0.370. The van der Waals surface area contributed by atoms with Gasteiger partial charge in [-0.3, -0.25) is 0 Å². The summed E-state index contributed by atoms with van der Waals surface area (Å²) in [6.45, 7) is 8.98. The second kappa shape index (κ2) is 12.4. The number of rotatable bonds is 11. The van der Waals surface area contributed by atoms with Crippen LogP contribution in [0.4, 0.5) is 5.95 Å². The van der Waals surface area contributed by atoms with E-state index in [9.17, 15) is 4.79 Å². The lowest BCUT2D eigenvalue weighted by molar-refractivity contribution is -0.139. The molecule has 4 rings (SSSR count). The summed E-state index contributed by atoms with van der Waals surface area (Å²) in [7, 11) is 0. The Bertz CT molecular complexity index is 1290. The monoisotopic (exact) mass is 542 g/mol. The van der Waals surface area contributed by atoms with Gasteiger partial charge in [-0.1, -0.05) is 54.6 Å². The van der Waals surface area contributed by atoms with Gasteiger partial charge in [-0.25, -0.2) is 9.48 Å². The van der Waals surface area contributed by atoms with Crippen LogP contribution < -0.4 is 14.8 Å². The molecule has 1 aromatic heterocycles. The molecule has 0 radical (unpaired) electrons. The molecule has 1 aliphatic heterocycles. The number of anilines is 1. The van der Waals surface area contributed by atoms with Gasteiger partial charge < -0.3 is 19.5 Å². The average molecular weight is 543 g/mol. The van der Waals surface area contributed by atoms with Gasteiger partial charge in [0.2, 0.25) is 11.1 Å². The van der Waals surface area contributed by atoms with E-state index in [1.54, 1.807) is 4.68 Å². The molecule has 0 fully saturated rings. The van der Waals surface area contributed by atoms with Crippen molar-refractivity contribution >= 4 is 35.3 Å². The number of esters is 1. The molecule has 1 aliphatic rings. The maximum absolute atomic E-state index is 13.2. The van der Waals surface area contributed by atoms with Gasteiger partial charge in [0.05, 0.1) is 25.4 Å². The number of allylic oxidation sites excluding steroid dienone is 1. The van der Waals surface area contributed by atoms with E-state index >= 15 is 0 Å². The molecule has 0 saturated carbocycles. The van der Waals surface area contributed by atoms with Crippen molar-refractivity contribution in [3.05, 3.63) is 69.9 Å². The minimum Gasteiger partial charge on any atom is -0.490 e. The highest BCUT2D eigenvalue weighted by Gasteiger charge is 2.35. The third-order valence-corrected chi connectivity index (χ3v) is 6.94. The summed E-state index contributed by atoms with van der Waals surface area (Å²) in [5.74, 6) is 2.02. The van der Waals surface area contributed by atoms with E-state index in [1.807, 2.05) is 70.2 Å². The van der Waals surface area contributed by atoms with Crippen molar-refractivity contribution in [2.45, 2.75) is 51.1 Å². The normalized spacial score (nSPS) is 14.7. The van der Waals surface area contributed by atoms with E-state index in [-0.39, 0.29) is 0 Å². The SMILES string of the molecule is CCCOC(=O)C1=C(C)Nc2nc(SCc3ccccc3Cl)nn2C1c1ccc(OCC)c(OCC)c1. The Morgan fingerprint density at radius 1 is 1.11 bits per heavy atom. The van der Waals surface area contributed by atoms with E-state index in [0.717, 1.165) is 17.5 Å². The van der Waals surface area contributed by atoms with Crippen LogP contribution >= 0.6 is 23.4 Å². The zero-order valence-electron chi connectivity index (χ0n) is 21.4. The highest BCUT2D eigenvalue weighted by Crippen LogP contribution is 2.40. The maximum Gasteiger partial charge on any atom is 0.338 e. The summed E-state index contributed by atoms with van der Waals surface area (Å²) >= 11 is 7.81. The number of carbonyl (C=O) groups excluding carboxylic acids is 1. The molecule has 3 aromatic rings. The van der Waals surface area contributed by atoms with Crippen molar-refractivity contribution < 1.29 is 19.0 Å². The second-order valence-electron chi connectivity index (χ2n) is 8.32. The molecule has 1 unspecified atom stereocenters. The smallest absolute Gasteiger partial charge is 0.338 e. The molecule has 1 atom stereocenters. The van der Waals surface area contributed by atoms with E-state index in [0.29, 0.717) is 64.5 Å². The average Bonchev–Trinajstić information content (AvgIpc) is 3.29.